The summed E-state index contributed by atoms with van der Waals surface area (Å²) in [6.45, 7) is 4.32. The van der Waals surface area contributed by atoms with Gasteiger partial charge >= 0.3 is 12.1 Å². The maximum atomic E-state index is 13.8. The van der Waals surface area contributed by atoms with E-state index in [4.69, 9.17) is 5.73 Å². The van der Waals surface area contributed by atoms with Crippen LogP contribution in [0.2, 0.25) is 0 Å². The van der Waals surface area contributed by atoms with Crippen molar-refractivity contribution in [2.75, 3.05) is 18.9 Å². The monoisotopic (exact) mass is 593 g/mol. The van der Waals surface area contributed by atoms with Gasteiger partial charge in [0.05, 0.1) is 6.54 Å². The van der Waals surface area contributed by atoms with Gasteiger partial charge in [-0.15, -0.1) is 0 Å². The van der Waals surface area contributed by atoms with E-state index in [1.165, 1.54) is 11.7 Å². The molecule has 4 N–H and O–H groups in total. The minimum absolute atomic E-state index is 0.0841. The lowest BCUT2D eigenvalue weighted by atomic mass is 9.96. The van der Waals surface area contributed by atoms with E-state index in [2.05, 4.69) is 26.3 Å². The quantitative estimate of drug-likeness (QED) is 0.413. The number of hydrogen-bond acceptors (Lipinski definition) is 6. The number of amides is 5. The lowest BCUT2D eigenvalue weighted by Gasteiger charge is -2.35. The van der Waals surface area contributed by atoms with Gasteiger partial charge in [0.1, 0.15) is 28.5 Å². The minimum Gasteiger partial charge on any atom is -0.368 e. The maximum Gasteiger partial charge on any atom is 0.471 e. The summed E-state index contributed by atoms with van der Waals surface area (Å²) in [7, 11) is 1.22. The van der Waals surface area contributed by atoms with E-state index in [9.17, 15) is 37.1 Å². The van der Waals surface area contributed by atoms with Crippen LogP contribution in [0.5, 0.6) is 0 Å². The second kappa shape index (κ2) is 9.95. The van der Waals surface area contributed by atoms with Crippen LogP contribution >= 0.6 is 15.9 Å². The number of carbonyl (C=O) groups excluding carboxylic acids is 5. The van der Waals surface area contributed by atoms with E-state index < -0.39 is 59.4 Å². The predicted octanol–water partition coefficient (Wildman–Crippen LogP) is 0.319. The highest BCUT2D eigenvalue weighted by Crippen LogP contribution is 2.42. The van der Waals surface area contributed by atoms with Gasteiger partial charge in [-0.25, -0.2) is 4.68 Å². The predicted molar refractivity (Wildman–Crippen MR) is 126 cm³/mol. The maximum absolute atomic E-state index is 13.8. The van der Waals surface area contributed by atoms with Crippen molar-refractivity contribution in [2.24, 2.45) is 11.7 Å². The van der Waals surface area contributed by atoms with Crippen LogP contribution in [0, 0.1) is 5.92 Å². The Kier molecular flexibility index (Phi) is 7.63. The topological polar surface area (TPSA) is 160 Å². The van der Waals surface area contributed by atoms with E-state index in [0.717, 1.165) is 16.7 Å². The zero-order chi connectivity index (χ0) is 28.0. The van der Waals surface area contributed by atoms with Crippen molar-refractivity contribution in [1.29, 1.82) is 0 Å². The number of likely N-dealkylation sites (N-methyl/N-ethyl adjacent to an activating group) is 1. The zero-order valence-corrected chi connectivity index (χ0v) is 22.0. The fourth-order valence-corrected chi connectivity index (χ4v) is 5.02. The summed E-state index contributed by atoms with van der Waals surface area (Å²) in [6, 6.07) is -2.47. The summed E-state index contributed by atoms with van der Waals surface area (Å²) in [6.07, 6.45) is -5.27. The van der Waals surface area contributed by atoms with Gasteiger partial charge in [0.2, 0.25) is 17.7 Å². The van der Waals surface area contributed by atoms with Gasteiger partial charge in [-0.2, -0.15) is 18.3 Å². The van der Waals surface area contributed by atoms with E-state index >= 15 is 0 Å². The SMILES string of the molecule is CC(C)CC(C(=O)N1C[C@]2(C[C@H]1C(N)=O)C(=O)Nc1cc(Br)nn12)N(C)C(=O)C(C)NC(=O)C(F)(F)F. The van der Waals surface area contributed by atoms with E-state index in [0.29, 0.717) is 10.4 Å². The Morgan fingerprint density at radius 3 is 2.49 bits per heavy atom. The minimum atomic E-state index is -5.19. The number of aromatic nitrogens is 2. The molecule has 204 valence electrons. The largest absolute Gasteiger partial charge is 0.471 e. The number of hydrogen-bond donors (Lipinski definition) is 3. The normalized spacial score (nSPS) is 22.6. The molecule has 37 heavy (non-hydrogen) atoms. The van der Waals surface area contributed by atoms with Crippen molar-refractivity contribution in [1.82, 2.24) is 24.9 Å². The number of halogens is 4. The van der Waals surface area contributed by atoms with Gasteiger partial charge in [-0.05, 0) is 35.2 Å². The van der Waals surface area contributed by atoms with Crippen LogP contribution in [0.15, 0.2) is 10.7 Å². The Hall–Kier alpha value is -3.17. The third kappa shape index (κ3) is 5.29. The standard InChI is InChI=1S/C21H27BrF3N7O5/c1-9(2)5-11(30(4)16(34)10(3)27-19(37)21(23,24)25)17(35)31-8-20(7-12(31)15(26)33)18(36)28-14-6-13(22)29-32(14)20/h6,9-12H,5,7-8H2,1-4H3,(H2,26,33)(H,27,37)(H,28,36)/t10?,11?,12-,20+/m0/s1. The summed E-state index contributed by atoms with van der Waals surface area (Å²) in [5, 5.41) is 8.50. The highest BCUT2D eigenvalue weighted by Gasteiger charge is 2.59. The molecule has 3 heterocycles. The molecule has 2 aliphatic rings. The van der Waals surface area contributed by atoms with Gasteiger partial charge in [0, 0.05) is 19.5 Å². The molecule has 2 aliphatic heterocycles. The Morgan fingerprint density at radius 2 is 1.95 bits per heavy atom. The Labute approximate surface area is 218 Å². The number of nitrogens with two attached hydrogens (primary N) is 1. The Balaban J connectivity index is 1.91. The van der Waals surface area contributed by atoms with Crippen molar-refractivity contribution in [3.8, 4) is 0 Å². The van der Waals surface area contributed by atoms with Gasteiger partial charge in [-0.3, -0.25) is 24.0 Å². The smallest absolute Gasteiger partial charge is 0.368 e. The molecule has 1 saturated heterocycles. The Morgan fingerprint density at radius 1 is 1.32 bits per heavy atom. The summed E-state index contributed by atoms with van der Waals surface area (Å²) in [4.78, 5) is 65.4. The zero-order valence-electron chi connectivity index (χ0n) is 20.4. The highest BCUT2D eigenvalue weighted by atomic mass is 79.9. The molecule has 5 amide bonds. The van der Waals surface area contributed by atoms with E-state index in [-0.39, 0.29) is 25.3 Å². The lowest BCUT2D eigenvalue weighted by molar-refractivity contribution is -0.175. The molecular weight excluding hydrogens is 567 g/mol. The average molecular weight is 594 g/mol. The molecule has 4 atom stereocenters. The van der Waals surface area contributed by atoms with Crippen LogP contribution in [0.25, 0.3) is 0 Å². The van der Waals surface area contributed by atoms with Crippen molar-refractivity contribution in [2.45, 2.75) is 63.5 Å². The number of rotatable bonds is 7. The summed E-state index contributed by atoms with van der Waals surface area (Å²) in [5.41, 5.74) is 4.17. The fourth-order valence-electron chi connectivity index (χ4n) is 4.65. The first-order chi connectivity index (χ1) is 17.0. The van der Waals surface area contributed by atoms with Crippen molar-refractivity contribution in [3.63, 3.8) is 0 Å². The fraction of sp³-hybridized carbons (Fsp3) is 0.619. The molecule has 0 aromatic carbocycles. The van der Waals surface area contributed by atoms with Crippen LogP contribution < -0.4 is 16.4 Å². The van der Waals surface area contributed by atoms with Gasteiger partial charge in [0.15, 0.2) is 5.54 Å². The first kappa shape index (κ1) is 28.4. The summed E-state index contributed by atoms with van der Waals surface area (Å²) >= 11 is 3.22. The van der Waals surface area contributed by atoms with Crippen LogP contribution in [0.1, 0.15) is 33.6 Å². The number of nitrogens with one attached hydrogen (secondary N) is 2. The molecule has 16 heteroatoms. The van der Waals surface area contributed by atoms with Crippen molar-refractivity contribution in [3.05, 3.63) is 10.7 Å². The molecule has 0 aliphatic carbocycles. The molecule has 1 aromatic rings. The highest BCUT2D eigenvalue weighted by molar-refractivity contribution is 9.10. The van der Waals surface area contributed by atoms with Crippen LogP contribution in [-0.4, -0.2) is 87.0 Å². The molecule has 12 nitrogen and oxygen atoms in total. The number of carbonyl (C=O) groups is 5. The number of anilines is 1. The van der Waals surface area contributed by atoms with E-state index in [1.807, 2.05) is 0 Å². The second-order valence-corrected chi connectivity index (χ2v) is 10.4. The number of likely N-dealkylation sites (tertiary alicyclic amines) is 1. The molecule has 0 radical (unpaired) electrons. The average Bonchev–Trinajstić information content (AvgIpc) is 3.43. The third-order valence-corrected chi connectivity index (χ3v) is 6.86. The third-order valence-electron chi connectivity index (χ3n) is 6.47. The molecule has 1 spiro atoms. The van der Waals surface area contributed by atoms with Crippen LogP contribution in [0.3, 0.4) is 0 Å². The molecule has 2 unspecified atom stereocenters. The molecular formula is C21H27BrF3N7O5. The first-order valence-electron chi connectivity index (χ1n) is 11.3. The number of alkyl halides is 3. The second-order valence-electron chi connectivity index (χ2n) is 9.63. The molecule has 3 rings (SSSR count). The van der Waals surface area contributed by atoms with Crippen LogP contribution in [0.4, 0.5) is 19.0 Å². The van der Waals surface area contributed by atoms with Gasteiger partial charge < -0.3 is 26.2 Å². The van der Waals surface area contributed by atoms with Crippen molar-refractivity contribution >= 4 is 51.3 Å². The van der Waals surface area contributed by atoms with Gasteiger partial charge in [0.25, 0.3) is 5.91 Å². The summed E-state index contributed by atoms with van der Waals surface area (Å²) < 4.78 is 39.8. The van der Waals surface area contributed by atoms with Crippen LogP contribution in [-0.2, 0) is 29.5 Å². The first-order valence-corrected chi connectivity index (χ1v) is 12.1. The lowest BCUT2D eigenvalue weighted by Crippen LogP contribution is -2.57. The number of fused-ring (bicyclic) bond motifs is 2. The Bertz CT molecular complexity index is 1140. The van der Waals surface area contributed by atoms with Crippen molar-refractivity contribution < 1.29 is 37.1 Å². The number of primary amides is 1. The molecule has 0 bridgehead atoms. The molecule has 1 fully saturated rings. The van der Waals surface area contributed by atoms with Gasteiger partial charge in [-0.1, -0.05) is 13.8 Å². The molecule has 1 aromatic heterocycles. The van der Waals surface area contributed by atoms with E-state index in [1.54, 1.807) is 25.2 Å². The number of nitrogens with zero attached hydrogens (tertiary/aromatic N) is 4. The summed E-state index contributed by atoms with van der Waals surface area (Å²) in [5.74, 6) is -5.12. The molecule has 0 saturated carbocycles.